The van der Waals surface area contributed by atoms with Gasteiger partial charge in [-0.15, -0.1) is 0 Å². The fourth-order valence-electron chi connectivity index (χ4n) is 1.09. The molecule has 0 aliphatic carbocycles. The number of aromatic amines is 1. The Morgan fingerprint density at radius 2 is 2.45 bits per heavy atom. The van der Waals surface area contributed by atoms with Gasteiger partial charge in [0.25, 0.3) is 0 Å². The maximum absolute atomic E-state index is 6.94. The predicted octanol–water partition coefficient (Wildman–Crippen LogP) is 2.18. The zero-order chi connectivity index (χ0) is 10.2. The van der Waals surface area contributed by atoms with Crippen LogP contribution in [0.25, 0.3) is 10.9 Å². The summed E-state index contributed by atoms with van der Waals surface area (Å²) in [6.45, 7) is 0. The van der Waals surface area contributed by atoms with Gasteiger partial charge < -0.3 is 9.72 Å². The molecule has 0 unspecified atom stereocenters. The highest BCUT2D eigenvalue weighted by Crippen LogP contribution is 2.18. The van der Waals surface area contributed by atoms with Crippen LogP contribution in [0.2, 0.25) is 0 Å². The van der Waals surface area contributed by atoms with Crippen molar-refractivity contribution in [3.63, 3.8) is 0 Å². The van der Waals surface area contributed by atoms with Crippen molar-refractivity contribution < 1.29 is 8.85 Å². The van der Waals surface area contributed by atoms with Crippen LogP contribution in [0.15, 0.2) is 30.5 Å². The Morgan fingerprint density at radius 3 is 3.36 bits per heavy atom. The molecular formula is C9H9NO. The molecule has 2 aromatic rings. The van der Waals surface area contributed by atoms with Crippen molar-refractivity contribution >= 4 is 10.9 Å². The van der Waals surface area contributed by atoms with Crippen LogP contribution in [0.5, 0.6) is 5.75 Å². The number of rotatable bonds is 1. The van der Waals surface area contributed by atoms with Crippen LogP contribution in [0, 0.1) is 0 Å². The molecule has 1 aromatic carbocycles. The van der Waals surface area contributed by atoms with Crippen LogP contribution in [0.4, 0.5) is 0 Å². The molecule has 56 valence electrons. The van der Waals surface area contributed by atoms with E-state index < -0.39 is 7.04 Å². The average Bonchev–Trinajstić information content (AvgIpc) is 2.47. The first-order chi connectivity index (χ1) is 6.54. The predicted molar refractivity (Wildman–Crippen MR) is 44.9 cm³/mol. The molecule has 11 heavy (non-hydrogen) atoms. The fourth-order valence-corrected chi connectivity index (χ4v) is 1.09. The van der Waals surface area contributed by atoms with Gasteiger partial charge in [0.15, 0.2) is 0 Å². The number of aromatic nitrogens is 1. The van der Waals surface area contributed by atoms with Gasteiger partial charge in [0.1, 0.15) is 5.75 Å². The minimum atomic E-state index is -2.39. The lowest BCUT2D eigenvalue weighted by atomic mass is 10.2. The summed E-state index contributed by atoms with van der Waals surface area (Å²) in [5, 5.41) is 1.03. The summed E-state index contributed by atoms with van der Waals surface area (Å²) in [7, 11) is -2.39. The first-order valence-electron chi connectivity index (χ1n) is 4.81. The summed E-state index contributed by atoms with van der Waals surface area (Å²) in [5.74, 6) is 0.347. The number of benzene rings is 1. The number of ether oxygens (including phenoxy) is 1. The molecule has 0 amide bonds. The van der Waals surface area contributed by atoms with Gasteiger partial charge in [-0.1, -0.05) is 0 Å². The second-order valence-electron chi connectivity index (χ2n) is 2.33. The summed E-state index contributed by atoms with van der Waals surface area (Å²) >= 11 is 0. The van der Waals surface area contributed by atoms with Gasteiger partial charge >= 0.3 is 0 Å². The fraction of sp³-hybridized carbons (Fsp3) is 0.111. The molecule has 0 aliphatic heterocycles. The molecular weight excluding hydrogens is 138 g/mol. The van der Waals surface area contributed by atoms with Gasteiger partial charge in [0, 0.05) is 17.8 Å². The van der Waals surface area contributed by atoms with E-state index in [1.807, 2.05) is 12.1 Å². The number of H-pyrrole nitrogens is 1. The smallest absolute Gasteiger partial charge is 0.120 e. The Hall–Kier alpha value is -1.44. The number of fused-ring (bicyclic) bond motifs is 1. The van der Waals surface area contributed by atoms with Gasteiger partial charge in [-0.2, -0.15) is 0 Å². The first kappa shape index (κ1) is 3.81. The maximum atomic E-state index is 6.94. The Kier molecular flexibility index (Phi) is 0.799. The lowest BCUT2D eigenvalue weighted by Crippen LogP contribution is -1.80. The first-order valence-corrected chi connectivity index (χ1v) is 3.31. The van der Waals surface area contributed by atoms with E-state index in [1.54, 1.807) is 18.3 Å². The lowest BCUT2D eigenvalue weighted by molar-refractivity contribution is 0.415. The van der Waals surface area contributed by atoms with Crippen LogP contribution in [0.3, 0.4) is 0 Å². The van der Waals surface area contributed by atoms with E-state index in [-0.39, 0.29) is 0 Å². The summed E-state index contributed by atoms with van der Waals surface area (Å²) in [6.07, 6.45) is 1.80. The molecule has 1 N–H and O–H groups in total. The molecule has 2 heteroatoms. The highest BCUT2D eigenvalue weighted by atomic mass is 16.5. The Labute approximate surface area is 69.0 Å². The molecule has 1 aromatic heterocycles. The summed E-state index contributed by atoms with van der Waals surface area (Å²) in [5.41, 5.74) is 0.867. The molecule has 2 rings (SSSR count). The monoisotopic (exact) mass is 150 g/mol. The van der Waals surface area contributed by atoms with E-state index in [0.717, 1.165) is 10.9 Å². The van der Waals surface area contributed by atoms with Gasteiger partial charge in [-0.3, -0.25) is 0 Å². The van der Waals surface area contributed by atoms with Crippen molar-refractivity contribution in [2.45, 2.75) is 0 Å². The van der Waals surface area contributed by atoms with Gasteiger partial charge in [-0.25, -0.2) is 0 Å². The topological polar surface area (TPSA) is 25.0 Å². The van der Waals surface area contributed by atoms with E-state index in [2.05, 4.69) is 4.98 Å². The van der Waals surface area contributed by atoms with Crippen molar-refractivity contribution in [2.24, 2.45) is 0 Å². The molecule has 1 heterocycles. The third kappa shape index (κ3) is 0.963. The van der Waals surface area contributed by atoms with Gasteiger partial charge in [0.2, 0.25) is 0 Å². The number of hydrogen-bond acceptors (Lipinski definition) is 1. The van der Waals surface area contributed by atoms with Crippen LogP contribution >= 0.6 is 0 Å². The summed E-state index contributed by atoms with van der Waals surface area (Å²) < 4.78 is 25.6. The molecule has 0 aliphatic rings. The zero-order valence-corrected chi connectivity index (χ0v) is 5.79. The van der Waals surface area contributed by atoms with E-state index in [0.29, 0.717) is 5.75 Å². The van der Waals surface area contributed by atoms with Crippen LogP contribution in [-0.4, -0.2) is 12.0 Å². The zero-order valence-electron chi connectivity index (χ0n) is 8.79. The SMILES string of the molecule is [2H]C([2H])([2H])Oc1ccc2cc[nH]c2c1. The van der Waals surface area contributed by atoms with Crippen LogP contribution in [0.1, 0.15) is 4.11 Å². The van der Waals surface area contributed by atoms with E-state index in [9.17, 15) is 0 Å². The average molecular weight is 150 g/mol. The lowest BCUT2D eigenvalue weighted by Gasteiger charge is -1.97. The molecule has 0 spiro atoms. The standard InChI is InChI=1S/C9H9NO/c1-11-8-3-2-7-4-5-10-9(7)6-8/h2-6,10H,1H3/i1D3. The highest BCUT2D eigenvalue weighted by molar-refractivity contribution is 5.80. The second-order valence-corrected chi connectivity index (χ2v) is 2.33. The van der Waals surface area contributed by atoms with Crippen molar-refractivity contribution in [1.82, 2.24) is 4.98 Å². The van der Waals surface area contributed by atoms with Gasteiger partial charge in [0.05, 0.1) is 11.2 Å². The number of methoxy groups -OCH3 is 1. The van der Waals surface area contributed by atoms with Gasteiger partial charge in [-0.05, 0) is 23.6 Å². The van der Waals surface area contributed by atoms with Crippen molar-refractivity contribution in [3.05, 3.63) is 30.5 Å². The molecule has 0 atom stereocenters. The van der Waals surface area contributed by atoms with Crippen LogP contribution < -0.4 is 4.74 Å². The summed E-state index contributed by atoms with van der Waals surface area (Å²) in [4.78, 5) is 2.98. The molecule has 2 nitrogen and oxygen atoms in total. The third-order valence-corrected chi connectivity index (χ3v) is 1.64. The maximum Gasteiger partial charge on any atom is 0.120 e. The van der Waals surface area contributed by atoms with E-state index in [4.69, 9.17) is 8.85 Å². The Balaban J connectivity index is 2.35. The largest absolute Gasteiger partial charge is 0.497 e. The third-order valence-electron chi connectivity index (χ3n) is 1.64. The Bertz CT molecular complexity index is 446. The van der Waals surface area contributed by atoms with Crippen molar-refractivity contribution in [2.75, 3.05) is 7.04 Å². The Morgan fingerprint density at radius 1 is 1.45 bits per heavy atom. The molecule has 0 bridgehead atoms. The summed E-state index contributed by atoms with van der Waals surface area (Å²) in [6, 6.07) is 7.03. The normalized spacial score (nSPS) is 15.5. The van der Waals surface area contributed by atoms with Crippen molar-refractivity contribution in [1.29, 1.82) is 0 Å². The number of nitrogens with one attached hydrogen (secondary N) is 1. The van der Waals surface area contributed by atoms with Crippen molar-refractivity contribution in [3.8, 4) is 5.75 Å². The molecule has 0 saturated carbocycles. The van der Waals surface area contributed by atoms with Crippen LogP contribution in [-0.2, 0) is 0 Å². The van der Waals surface area contributed by atoms with E-state index in [1.165, 1.54) is 0 Å². The molecule has 0 radical (unpaired) electrons. The minimum Gasteiger partial charge on any atom is -0.497 e. The minimum absolute atomic E-state index is 0.347. The molecule has 0 fully saturated rings. The molecule has 0 saturated heterocycles. The number of hydrogen-bond donors (Lipinski definition) is 1. The quantitative estimate of drug-likeness (QED) is 0.662. The second kappa shape index (κ2) is 2.31. The highest BCUT2D eigenvalue weighted by Gasteiger charge is 1.94. The van der Waals surface area contributed by atoms with E-state index >= 15 is 0 Å².